The summed E-state index contributed by atoms with van der Waals surface area (Å²) in [7, 11) is 0. The second-order valence-corrected chi connectivity index (χ2v) is 8.19. The molecule has 0 aliphatic carbocycles. The molecule has 2 aromatic heterocycles. The van der Waals surface area contributed by atoms with Gasteiger partial charge in [0.2, 0.25) is 5.91 Å². The van der Waals surface area contributed by atoms with Gasteiger partial charge < -0.3 is 15.7 Å². The number of thiophene rings is 1. The Morgan fingerprint density at radius 2 is 1.87 bits per heavy atom. The summed E-state index contributed by atoms with van der Waals surface area (Å²) in [6.45, 7) is 4.74. The first kappa shape index (κ1) is 19.9. The molecule has 2 aromatic carbocycles. The minimum absolute atomic E-state index is 0.0557. The second kappa shape index (κ2) is 8.55. The van der Waals surface area contributed by atoms with Gasteiger partial charge in [-0.2, -0.15) is 0 Å². The Labute approximate surface area is 179 Å². The van der Waals surface area contributed by atoms with Crippen LogP contribution in [0.25, 0.3) is 31.8 Å². The zero-order chi connectivity index (χ0) is 21.1. The van der Waals surface area contributed by atoms with E-state index in [0.29, 0.717) is 13.1 Å². The number of carbonyl (C=O) groups excluding carboxylic acids is 1. The molecule has 5 nitrogen and oxygen atoms in total. The molecule has 0 aliphatic heterocycles. The first-order valence-electron chi connectivity index (χ1n) is 9.79. The van der Waals surface area contributed by atoms with Gasteiger partial charge in [-0.3, -0.25) is 4.79 Å². The highest BCUT2D eigenvalue weighted by Gasteiger charge is 2.13. The summed E-state index contributed by atoms with van der Waals surface area (Å²) in [5.41, 5.74) is 3.94. The number of aryl methyl sites for hydroxylation is 1. The Bertz CT molecular complexity index is 1220. The molecule has 0 atom stereocenters. The molecule has 0 saturated heterocycles. The van der Waals surface area contributed by atoms with Crippen LogP contribution >= 0.6 is 11.3 Å². The molecule has 4 rings (SSSR count). The van der Waals surface area contributed by atoms with Crippen LogP contribution in [0.5, 0.6) is 5.75 Å². The van der Waals surface area contributed by atoms with Gasteiger partial charge in [-0.25, -0.2) is 4.98 Å². The molecule has 4 aromatic rings. The van der Waals surface area contributed by atoms with Crippen molar-refractivity contribution in [2.45, 2.75) is 13.8 Å². The van der Waals surface area contributed by atoms with Crippen molar-refractivity contribution in [3.05, 3.63) is 66.2 Å². The average molecular weight is 418 g/mol. The summed E-state index contributed by atoms with van der Waals surface area (Å²) in [5.74, 6) is 0.880. The molecule has 0 unspecified atom stereocenters. The Hall–Kier alpha value is -3.38. The van der Waals surface area contributed by atoms with Crippen LogP contribution in [0.1, 0.15) is 12.5 Å². The summed E-state index contributed by atoms with van der Waals surface area (Å²) in [4.78, 5) is 17.1. The van der Waals surface area contributed by atoms with Crippen molar-refractivity contribution in [1.82, 2.24) is 10.3 Å². The number of carbonyl (C=O) groups is 1. The van der Waals surface area contributed by atoms with Crippen LogP contribution in [0, 0.1) is 6.92 Å². The predicted molar refractivity (Wildman–Crippen MR) is 124 cm³/mol. The first-order chi connectivity index (χ1) is 14.5. The number of aromatic hydroxyl groups is 1. The maximum atomic E-state index is 11.1. The Morgan fingerprint density at radius 3 is 2.63 bits per heavy atom. The average Bonchev–Trinajstić information content (AvgIpc) is 3.08. The standard InChI is InChI=1S/C24H23N3O2S/c1-15-20-8-3-4-9-22(20)30-24(15)18-13-21(17-6-5-7-19(29)12-17)27-23(14-18)26-11-10-25-16(2)28/h3-9,12-14,29H,10-11H2,1-2H3,(H,25,28)(H,26,27). The van der Waals surface area contributed by atoms with E-state index < -0.39 is 0 Å². The van der Waals surface area contributed by atoms with Gasteiger partial charge in [-0.1, -0.05) is 30.3 Å². The summed E-state index contributed by atoms with van der Waals surface area (Å²) in [6.07, 6.45) is 0. The van der Waals surface area contributed by atoms with Gasteiger partial charge >= 0.3 is 0 Å². The number of benzene rings is 2. The van der Waals surface area contributed by atoms with E-state index in [4.69, 9.17) is 4.98 Å². The molecule has 0 bridgehead atoms. The number of nitrogens with one attached hydrogen (secondary N) is 2. The minimum Gasteiger partial charge on any atom is -0.508 e. The number of hydrogen-bond donors (Lipinski definition) is 3. The van der Waals surface area contributed by atoms with Gasteiger partial charge in [-0.05, 0) is 53.8 Å². The molecule has 0 spiro atoms. The molecule has 3 N–H and O–H groups in total. The third kappa shape index (κ3) is 4.28. The number of fused-ring (bicyclic) bond motifs is 1. The fraction of sp³-hybridized carbons (Fsp3) is 0.167. The maximum absolute atomic E-state index is 11.1. The quantitative estimate of drug-likeness (QED) is 0.377. The maximum Gasteiger partial charge on any atom is 0.216 e. The van der Waals surface area contributed by atoms with E-state index in [9.17, 15) is 9.90 Å². The van der Waals surface area contributed by atoms with Crippen molar-refractivity contribution in [3.8, 4) is 27.4 Å². The van der Waals surface area contributed by atoms with Gasteiger partial charge in [0.15, 0.2) is 0 Å². The van der Waals surface area contributed by atoms with Gasteiger partial charge in [0.05, 0.1) is 5.69 Å². The lowest BCUT2D eigenvalue weighted by atomic mass is 10.0. The number of anilines is 1. The minimum atomic E-state index is -0.0557. The van der Waals surface area contributed by atoms with Crippen LogP contribution < -0.4 is 10.6 Å². The number of aromatic nitrogens is 1. The lowest BCUT2D eigenvalue weighted by Crippen LogP contribution is -2.26. The van der Waals surface area contributed by atoms with Gasteiger partial charge in [0.1, 0.15) is 11.6 Å². The highest BCUT2D eigenvalue weighted by atomic mass is 32.1. The van der Waals surface area contributed by atoms with E-state index in [0.717, 1.165) is 22.6 Å². The zero-order valence-corrected chi connectivity index (χ0v) is 17.7. The fourth-order valence-electron chi connectivity index (χ4n) is 3.44. The lowest BCUT2D eigenvalue weighted by Gasteiger charge is -2.12. The number of pyridine rings is 1. The smallest absolute Gasteiger partial charge is 0.216 e. The third-order valence-electron chi connectivity index (χ3n) is 4.88. The topological polar surface area (TPSA) is 74.2 Å². The third-order valence-corrected chi connectivity index (χ3v) is 6.20. The highest BCUT2D eigenvalue weighted by molar-refractivity contribution is 7.22. The van der Waals surface area contributed by atoms with Crippen molar-refractivity contribution in [1.29, 1.82) is 0 Å². The van der Waals surface area contributed by atoms with Crippen molar-refractivity contribution < 1.29 is 9.90 Å². The molecule has 152 valence electrons. The fourth-order valence-corrected chi connectivity index (χ4v) is 4.64. The van der Waals surface area contributed by atoms with Crippen LogP contribution in [0.2, 0.25) is 0 Å². The van der Waals surface area contributed by atoms with Crippen molar-refractivity contribution >= 4 is 33.1 Å². The molecular weight excluding hydrogens is 394 g/mol. The van der Waals surface area contributed by atoms with E-state index in [2.05, 4.69) is 47.9 Å². The summed E-state index contributed by atoms with van der Waals surface area (Å²) >= 11 is 1.76. The molecule has 0 aliphatic rings. The predicted octanol–water partition coefficient (Wildman–Crippen LogP) is 5.19. The van der Waals surface area contributed by atoms with Gasteiger partial charge in [0.25, 0.3) is 0 Å². The number of hydrogen-bond acceptors (Lipinski definition) is 5. The number of phenols is 1. The Balaban J connectivity index is 1.76. The van der Waals surface area contributed by atoms with E-state index in [1.165, 1.54) is 27.5 Å². The van der Waals surface area contributed by atoms with E-state index >= 15 is 0 Å². The SMILES string of the molecule is CC(=O)NCCNc1cc(-c2sc3ccccc3c2C)cc(-c2cccc(O)c2)n1. The molecule has 0 saturated carbocycles. The highest BCUT2D eigenvalue weighted by Crippen LogP contribution is 2.39. The number of rotatable bonds is 6. The Morgan fingerprint density at radius 1 is 1.03 bits per heavy atom. The monoisotopic (exact) mass is 417 g/mol. The zero-order valence-electron chi connectivity index (χ0n) is 16.9. The Kier molecular flexibility index (Phi) is 5.68. The first-order valence-corrected chi connectivity index (χ1v) is 10.6. The van der Waals surface area contributed by atoms with E-state index in [1.807, 2.05) is 18.2 Å². The summed E-state index contributed by atoms with van der Waals surface area (Å²) < 4.78 is 1.25. The number of phenolic OH excluding ortho intramolecular Hbond substituents is 1. The van der Waals surface area contributed by atoms with Crippen molar-refractivity contribution in [2.75, 3.05) is 18.4 Å². The molecule has 30 heavy (non-hydrogen) atoms. The molecule has 6 heteroatoms. The van der Waals surface area contributed by atoms with Crippen LogP contribution in [0.4, 0.5) is 5.82 Å². The normalized spacial score (nSPS) is 10.9. The van der Waals surface area contributed by atoms with Crippen LogP contribution in [0.3, 0.4) is 0 Å². The van der Waals surface area contributed by atoms with Crippen LogP contribution in [0.15, 0.2) is 60.7 Å². The largest absolute Gasteiger partial charge is 0.508 e. The molecule has 0 fully saturated rings. The second-order valence-electron chi connectivity index (χ2n) is 7.14. The number of amides is 1. The molecular formula is C24H23N3O2S. The van der Waals surface area contributed by atoms with Gasteiger partial charge in [0, 0.05) is 35.2 Å². The summed E-state index contributed by atoms with van der Waals surface area (Å²) in [5, 5.41) is 17.3. The van der Waals surface area contributed by atoms with E-state index in [1.54, 1.807) is 23.5 Å². The van der Waals surface area contributed by atoms with Gasteiger partial charge in [-0.15, -0.1) is 11.3 Å². The number of nitrogens with zero attached hydrogens (tertiary/aromatic N) is 1. The lowest BCUT2D eigenvalue weighted by molar-refractivity contribution is -0.118. The summed E-state index contributed by atoms with van der Waals surface area (Å²) in [6, 6.07) is 19.6. The van der Waals surface area contributed by atoms with E-state index in [-0.39, 0.29) is 11.7 Å². The van der Waals surface area contributed by atoms with Crippen LogP contribution in [-0.4, -0.2) is 29.1 Å². The molecule has 2 heterocycles. The molecule has 0 radical (unpaired) electrons. The van der Waals surface area contributed by atoms with Crippen molar-refractivity contribution in [2.24, 2.45) is 0 Å². The molecule has 1 amide bonds. The van der Waals surface area contributed by atoms with Crippen molar-refractivity contribution in [3.63, 3.8) is 0 Å². The van der Waals surface area contributed by atoms with Crippen LogP contribution in [-0.2, 0) is 4.79 Å².